The average molecular weight is 336 g/mol. The van der Waals surface area contributed by atoms with Crippen molar-refractivity contribution in [2.45, 2.75) is 6.42 Å². The van der Waals surface area contributed by atoms with Crippen LogP contribution in [0.3, 0.4) is 0 Å². The molecule has 23 heavy (non-hydrogen) atoms. The SMILES string of the molecule is [S-]CCC[P+](c1ccccc1)(c1ccccc1)c1ccccc1. The molecule has 3 aromatic rings. The van der Waals surface area contributed by atoms with Gasteiger partial charge in [0.2, 0.25) is 0 Å². The summed E-state index contributed by atoms with van der Waals surface area (Å²) in [5.41, 5.74) is 0. The highest BCUT2D eigenvalue weighted by atomic mass is 32.1. The summed E-state index contributed by atoms with van der Waals surface area (Å²) in [4.78, 5) is 0. The van der Waals surface area contributed by atoms with E-state index in [2.05, 4.69) is 91.0 Å². The molecule has 0 saturated heterocycles. The van der Waals surface area contributed by atoms with Crippen LogP contribution >= 0.6 is 7.26 Å². The molecule has 0 heterocycles. The summed E-state index contributed by atoms with van der Waals surface area (Å²) in [7, 11) is -1.64. The zero-order valence-corrected chi connectivity index (χ0v) is 14.8. The lowest BCUT2D eigenvalue weighted by atomic mass is 10.4. The maximum atomic E-state index is 5.29. The smallest absolute Gasteiger partial charge is 0.112 e. The molecule has 0 fully saturated rings. The van der Waals surface area contributed by atoms with Gasteiger partial charge in [-0.15, -0.1) is 0 Å². The number of benzene rings is 3. The Balaban J connectivity index is 2.25. The van der Waals surface area contributed by atoms with Crippen molar-refractivity contribution >= 4 is 35.8 Å². The van der Waals surface area contributed by atoms with Gasteiger partial charge in [-0.2, -0.15) is 5.75 Å². The largest absolute Gasteiger partial charge is 0.792 e. The van der Waals surface area contributed by atoms with E-state index in [0.29, 0.717) is 0 Å². The summed E-state index contributed by atoms with van der Waals surface area (Å²) in [6.45, 7) is 0. The van der Waals surface area contributed by atoms with Crippen LogP contribution in [0.15, 0.2) is 91.0 Å². The highest BCUT2D eigenvalue weighted by Crippen LogP contribution is 2.55. The van der Waals surface area contributed by atoms with Crippen LogP contribution in [0.1, 0.15) is 6.42 Å². The normalized spacial score (nSPS) is 11.3. The molecule has 116 valence electrons. The molecule has 3 rings (SSSR count). The molecule has 0 bridgehead atoms. The molecule has 0 aliphatic carbocycles. The molecule has 0 spiro atoms. The molecule has 3 aromatic carbocycles. The van der Waals surface area contributed by atoms with E-state index in [-0.39, 0.29) is 0 Å². The minimum absolute atomic E-state index is 0.814. The van der Waals surface area contributed by atoms with E-state index in [1.807, 2.05) is 0 Å². The fourth-order valence-corrected chi connectivity index (χ4v) is 7.89. The molecule has 2 heteroatoms. The molecule has 0 radical (unpaired) electrons. The van der Waals surface area contributed by atoms with Gasteiger partial charge in [0, 0.05) is 0 Å². The van der Waals surface area contributed by atoms with Crippen LogP contribution in [-0.2, 0) is 12.6 Å². The molecule has 0 saturated carbocycles. The Labute approximate surface area is 145 Å². The third-order valence-electron chi connectivity index (χ3n) is 4.23. The van der Waals surface area contributed by atoms with Gasteiger partial charge in [0.15, 0.2) is 0 Å². The molecule has 0 nitrogen and oxygen atoms in total. The molecule has 0 aliphatic rings. The summed E-state index contributed by atoms with van der Waals surface area (Å²) in [5, 5.41) is 4.34. The lowest BCUT2D eigenvalue weighted by Crippen LogP contribution is -2.33. The Bertz CT molecular complexity index is 614. The van der Waals surface area contributed by atoms with E-state index in [1.165, 1.54) is 15.9 Å². The lowest BCUT2D eigenvalue weighted by Gasteiger charge is -2.28. The predicted molar refractivity (Wildman–Crippen MR) is 107 cm³/mol. The summed E-state index contributed by atoms with van der Waals surface area (Å²) in [5.74, 6) is 0.814. The summed E-state index contributed by atoms with van der Waals surface area (Å²) < 4.78 is 0. The van der Waals surface area contributed by atoms with Gasteiger partial charge < -0.3 is 12.6 Å². The van der Waals surface area contributed by atoms with Gasteiger partial charge in [0.05, 0.1) is 6.16 Å². The van der Waals surface area contributed by atoms with Crippen LogP contribution < -0.4 is 15.9 Å². The molecule has 0 unspecified atom stereocenters. The third kappa shape index (κ3) is 3.37. The summed E-state index contributed by atoms with van der Waals surface area (Å²) in [6.07, 6.45) is 2.20. The van der Waals surface area contributed by atoms with Crippen LogP contribution in [0.5, 0.6) is 0 Å². The van der Waals surface area contributed by atoms with Crippen molar-refractivity contribution in [3.05, 3.63) is 91.0 Å². The Morgan fingerprint density at radius 2 is 0.913 bits per heavy atom. The number of rotatable bonds is 6. The van der Waals surface area contributed by atoms with Crippen molar-refractivity contribution in [3.63, 3.8) is 0 Å². The van der Waals surface area contributed by atoms with Crippen LogP contribution in [0.2, 0.25) is 0 Å². The van der Waals surface area contributed by atoms with Gasteiger partial charge in [-0.25, -0.2) is 0 Å². The quantitative estimate of drug-likeness (QED) is 0.486. The van der Waals surface area contributed by atoms with Crippen molar-refractivity contribution in [1.29, 1.82) is 0 Å². The third-order valence-corrected chi connectivity index (χ3v) is 9.04. The topological polar surface area (TPSA) is 0 Å². The van der Waals surface area contributed by atoms with Crippen LogP contribution in [0, 0.1) is 0 Å². The second-order valence-corrected chi connectivity index (χ2v) is 9.62. The zero-order chi connectivity index (χ0) is 16.0. The van der Waals surface area contributed by atoms with Gasteiger partial charge in [-0.05, 0) is 42.8 Å². The number of hydrogen-bond acceptors (Lipinski definition) is 1. The maximum absolute atomic E-state index is 5.29. The second kappa shape index (κ2) is 7.81. The fourth-order valence-electron chi connectivity index (χ4n) is 3.18. The first-order chi connectivity index (χ1) is 11.4. The van der Waals surface area contributed by atoms with Gasteiger partial charge in [-0.1, -0.05) is 54.6 Å². The summed E-state index contributed by atoms with van der Waals surface area (Å²) in [6, 6.07) is 33.0. The molecular formula is C21H21PS. The molecule has 0 aliphatic heterocycles. The standard InChI is InChI=1S/C21H21PS/c23-18-10-17-22(19-11-4-1-5-12-19,20-13-6-2-7-14-20)21-15-8-3-9-16-21/h1-9,11-16H,10,17-18H2. The highest BCUT2D eigenvalue weighted by molar-refractivity contribution is 7.95. The van der Waals surface area contributed by atoms with Crippen molar-refractivity contribution < 1.29 is 0 Å². The minimum Gasteiger partial charge on any atom is -0.792 e. The zero-order valence-electron chi connectivity index (χ0n) is 13.1. The van der Waals surface area contributed by atoms with Gasteiger partial charge >= 0.3 is 0 Å². The molecule has 0 atom stereocenters. The van der Waals surface area contributed by atoms with Crippen LogP contribution in [-0.4, -0.2) is 11.9 Å². The van der Waals surface area contributed by atoms with Crippen LogP contribution in [0.25, 0.3) is 0 Å². The van der Waals surface area contributed by atoms with E-state index in [0.717, 1.165) is 18.3 Å². The van der Waals surface area contributed by atoms with E-state index in [1.54, 1.807) is 0 Å². The van der Waals surface area contributed by atoms with Gasteiger partial charge in [0.25, 0.3) is 0 Å². The summed E-state index contributed by atoms with van der Waals surface area (Å²) >= 11 is 5.29. The van der Waals surface area contributed by atoms with Crippen molar-refractivity contribution in [1.82, 2.24) is 0 Å². The lowest BCUT2D eigenvalue weighted by molar-refractivity contribution is 1.12. The molecular weight excluding hydrogens is 315 g/mol. The van der Waals surface area contributed by atoms with E-state index < -0.39 is 7.26 Å². The van der Waals surface area contributed by atoms with E-state index in [4.69, 9.17) is 12.6 Å². The molecule has 0 aromatic heterocycles. The first kappa shape index (κ1) is 16.3. The molecule has 0 amide bonds. The average Bonchev–Trinajstić information content (AvgIpc) is 2.65. The Morgan fingerprint density at radius 3 is 1.22 bits per heavy atom. The Kier molecular flexibility index (Phi) is 5.54. The van der Waals surface area contributed by atoms with Crippen molar-refractivity contribution in [3.8, 4) is 0 Å². The maximum Gasteiger partial charge on any atom is 0.112 e. The first-order valence-corrected chi connectivity index (χ1v) is 10.6. The first-order valence-electron chi connectivity index (χ1n) is 8.01. The fraction of sp³-hybridized carbons (Fsp3) is 0.143. The second-order valence-electron chi connectivity index (χ2n) is 5.60. The minimum atomic E-state index is -1.64. The van der Waals surface area contributed by atoms with E-state index in [9.17, 15) is 0 Å². The van der Waals surface area contributed by atoms with Crippen LogP contribution in [0.4, 0.5) is 0 Å². The van der Waals surface area contributed by atoms with Crippen molar-refractivity contribution in [2.75, 3.05) is 11.9 Å². The van der Waals surface area contributed by atoms with Gasteiger partial charge in [0.1, 0.15) is 23.2 Å². The Morgan fingerprint density at radius 1 is 0.565 bits per heavy atom. The van der Waals surface area contributed by atoms with Crippen molar-refractivity contribution in [2.24, 2.45) is 0 Å². The highest BCUT2D eigenvalue weighted by Gasteiger charge is 2.44. The van der Waals surface area contributed by atoms with E-state index >= 15 is 0 Å². The monoisotopic (exact) mass is 336 g/mol. The molecule has 0 N–H and O–H groups in total. The number of hydrogen-bond donors (Lipinski definition) is 0. The Hall–Kier alpha value is -1.56. The van der Waals surface area contributed by atoms with Gasteiger partial charge in [-0.3, -0.25) is 0 Å². The predicted octanol–water partition coefficient (Wildman–Crippen LogP) is 3.92.